The fourth-order valence-corrected chi connectivity index (χ4v) is 2.19. The van der Waals surface area contributed by atoms with Gasteiger partial charge in [0.1, 0.15) is 16.9 Å². The number of aromatic nitrogens is 2. The fraction of sp³-hybridized carbons (Fsp3) is 0.571. The lowest BCUT2D eigenvalue weighted by Gasteiger charge is -2.48. The molecule has 0 bridgehead atoms. The minimum absolute atomic E-state index is 0.1000. The van der Waals surface area contributed by atoms with Crippen molar-refractivity contribution in [3.63, 3.8) is 0 Å². The molecule has 0 aromatic carbocycles. The molecule has 0 spiro atoms. The maximum atomic E-state index is 12.7. The summed E-state index contributed by atoms with van der Waals surface area (Å²) < 4.78 is 0. The van der Waals surface area contributed by atoms with Gasteiger partial charge in [-0.25, -0.2) is 9.97 Å². The Labute approximate surface area is 118 Å². The summed E-state index contributed by atoms with van der Waals surface area (Å²) in [6, 6.07) is 1.72. The number of nitrogens with one attached hydrogen (secondary N) is 1. The highest BCUT2D eigenvalue weighted by Gasteiger charge is 2.51. The zero-order chi connectivity index (χ0) is 15.0. The highest BCUT2D eigenvalue weighted by atomic mass is 16.2. The topological polar surface area (TPSA) is 75.2 Å². The van der Waals surface area contributed by atoms with Gasteiger partial charge >= 0.3 is 0 Å². The van der Waals surface area contributed by atoms with Crippen LogP contribution in [0.5, 0.6) is 0 Å². The Morgan fingerprint density at radius 1 is 1.20 bits per heavy atom. The van der Waals surface area contributed by atoms with Gasteiger partial charge in [0.2, 0.25) is 11.8 Å². The van der Waals surface area contributed by atoms with Crippen molar-refractivity contribution in [3.05, 3.63) is 24.3 Å². The van der Waals surface area contributed by atoms with Gasteiger partial charge in [-0.1, -0.05) is 6.92 Å². The smallest absolute Gasteiger partial charge is 0.249 e. The van der Waals surface area contributed by atoms with Crippen molar-refractivity contribution in [2.75, 3.05) is 0 Å². The molecule has 1 aliphatic rings. The molecule has 108 valence electrons. The standard InChI is InChI=1S/C14H20N4O2/c1-5-14(4)12(20)18(13(2,3)11(19)17-14)9-10-15-7-6-8-16-10/h6-8H,5,9H2,1-4H3,(H,17,19). The van der Waals surface area contributed by atoms with Gasteiger partial charge in [-0.3, -0.25) is 9.59 Å². The number of hydrogen-bond acceptors (Lipinski definition) is 4. The maximum absolute atomic E-state index is 12.7. The van der Waals surface area contributed by atoms with Gasteiger partial charge < -0.3 is 10.2 Å². The van der Waals surface area contributed by atoms with Gasteiger partial charge in [0.25, 0.3) is 0 Å². The molecule has 1 atom stereocenters. The third kappa shape index (κ3) is 2.26. The van der Waals surface area contributed by atoms with Crippen LogP contribution in [0.1, 0.15) is 39.9 Å². The molecule has 1 aromatic rings. The van der Waals surface area contributed by atoms with E-state index in [1.807, 2.05) is 6.92 Å². The number of rotatable bonds is 3. The second kappa shape index (κ2) is 4.85. The monoisotopic (exact) mass is 276 g/mol. The van der Waals surface area contributed by atoms with E-state index in [1.54, 1.807) is 44.1 Å². The molecule has 1 unspecified atom stereocenters. The van der Waals surface area contributed by atoms with Crippen LogP contribution in [0.15, 0.2) is 18.5 Å². The van der Waals surface area contributed by atoms with E-state index in [4.69, 9.17) is 0 Å². The number of carbonyl (C=O) groups excluding carboxylic acids is 2. The van der Waals surface area contributed by atoms with Crippen LogP contribution in [0.3, 0.4) is 0 Å². The average molecular weight is 276 g/mol. The summed E-state index contributed by atoms with van der Waals surface area (Å²) in [5.74, 6) is 0.275. The Morgan fingerprint density at radius 2 is 1.80 bits per heavy atom. The van der Waals surface area contributed by atoms with Crippen LogP contribution in [0.2, 0.25) is 0 Å². The zero-order valence-corrected chi connectivity index (χ0v) is 12.3. The first-order valence-electron chi connectivity index (χ1n) is 6.72. The first-order chi connectivity index (χ1) is 9.31. The van der Waals surface area contributed by atoms with Gasteiger partial charge in [0.05, 0.1) is 6.54 Å². The summed E-state index contributed by atoms with van der Waals surface area (Å²) in [6.07, 6.45) is 3.80. The van der Waals surface area contributed by atoms with Crippen LogP contribution >= 0.6 is 0 Å². The van der Waals surface area contributed by atoms with Crippen LogP contribution < -0.4 is 5.32 Å². The Bertz CT molecular complexity index is 529. The Kier molecular flexibility index (Phi) is 3.50. The molecule has 6 heteroatoms. The van der Waals surface area contributed by atoms with Crippen LogP contribution in [-0.2, 0) is 16.1 Å². The van der Waals surface area contributed by atoms with Crippen molar-refractivity contribution in [3.8, 4) is 0 Å². The third-order valence-electron chi connectivity index (χ3n) is 3.96. The number of nitrogens with zero attached hydrogens (tertiary/aromatic N) is 3. The van der Waals surface area contributed by atoms with E-state index in [-0.39, 0.29) is 18.4 Å². The van der Waals surface area contributed by atoms with Crippen molar-refractivity contribution < 1.29 is 9.59 Å². The molecule has 1 aromatic heterocycles. The van der Waals surface area contributed by atoms with E-state index in [2.05, 4.69) is 15.3 Å². The molecule has 1 aliphatic heterocycles. The number of carbonyl (C=O) groups is 2. The molecule has 1 saturated heterocycles. The molecule has 6 nitrogen and oxygen atoms in total. The van der Waals surface area contributed by atoms with E-state index in [9.17, 15) is 9.59 Å². The molecule has 1 fully saturated rings. The Morgan fingerprint density at radius 3 is 2.35 bits per heavy atom. The minimum atomic E-state index is -0.912. The van der Waals surface area contributed by atoms with Crippen LogP contribution in [0.25, 0.3) is 0 Å². The van der Waals surface area contributed by atoms with Gasteiger partial charge in [-0.05, 0) is 33.3 Å². The summed E-state index contributed by atoms with van der Waals surface area (Å²) in [4.78, 5) is 34.8. The lowest BCUT2D eigenvalue weighted by atomic mass is 9.86. The van der Waals surface area contributed by atoms with Crippen LogP contribution in [0, 0.1) is 0 Å². The van der Waals surface area contributed by atoms with E-state index >= 15 is 0 Å². The van der Waals surface area contributed by atoms with Crippen LogP contribution in [-0.4, -0.2) is 37.8 Å². The predicted molar refractivity (Wildman–Crippen MR) is 73.5 cm³/mol. The van der Waals surface area contributed by atoms with E-state index in [1.165, 1.54) is 0 Å². The van der Waals surface area contributed by atoms with Crippen molar-refractivity contribution in [1.82, 2.24) is 20.2 Å². The Hall–Kier alpha value is -1.98. The van der Waals surface area contributed by atoms with Crippen molar-refractivity contribution >= 4 is 11.8 Å². The van der Waals surface area contributed by atoms with E-state index in [0.717, 1.165) is 0 Å². The van der Waals surface area contributed by atoms with E-state index in [0.29, 0.717) is 12.2 Å². The minimum Gasteiger partial charge on any atom is -0.340 e. The molecule has 0 radical (unpaired) electrons. The molecular weight excluding hydrogens is 256 g/mol. The predicted octanol–water partition coefficient (Wildman–Crippen LogP) is 0.882. The fourth-order valence-electron chi connectivity index (χ4n) is 2.19. The number of hydrogen-bond donors (Lipinski definition) is 1. The summed E-state index contributed by atoms with van der Waals surface area (Å²) in [5.41, 5.74) is -1.77. The zero-order valence-electron chi connectivity index (χ0n) is 12.3. The van der Waals surface area contributed by atoms with Crippen molar-refractivity contribution in [2.24, 2.45) is 0 Å². The molecular formula is C14H20N4O2. The highest BCUT2D eigenvalue weighted by molar-refractivity contribution is 6.01. The lowest BCUT2D eigenvalue weighted by molar-refractivity contribution is -0.161. The van der Waals surface area contributed by atoms with Gasteiger partial charge in [0.15, 0.2) is 0 Å². The molecule has 20 heavy (non-hydrogen) atoms. The number of amides is 2. The van der Waals surface area contributed by atoms with Crippen molar-refractivity contribution in [2.45, 2.75) is 51.7 Å². The third-order valence-corrected chi connectivity index (χ3v) is 3.96. The summed E-state index contributed by atoms with van der Waals surface area (Å²) in [6.45, 7) is 7.33. The molecule has 1 N–H and O–H groups in total. The maximum Gasteiger partial charge on any atom is 0.249 e. The second-order valence-corrected chi connectivity index (χ2v) is 5.76. The number of piperazine rings is 1. The molecule has 2 heterocycles. The summed E-state index contributed by atoms with van der Waals surface area (Å²) in [5, 5.41) is 2.83. The second-order valence-electron chi connectivity index (χ2n) is 5.76. The summed E-state index contributed by atoms with van der Waals surface area (Å²) in [7, 11) is 0. The lowest BCUT2D eigenvalue weighted by Crippen LogP contribution is -2.72. The van der Waals surface area contributed by atoms with Gasteiger partial charge in [0, 0.05) is 12.4 Å². The first-order valence-corrected chi connectivity index (χ1v) is 6.72. The molecule has 2 rings (SSSR count). The Balaban J connectivity index is 2.36. The van der Waals surface area contributed by atoms with Crippen molar-refractivity contribution in [1.29, 1.82) is 0 Å². The summed E-state index contributed by atoms with van der Waals surface area (Å²) >= 11 is 0. The SMILES string of the molecule is CCC1(C)NC(=O)C(C)(C)N(Cc2ncccn2)C1=O. The quantitative estimate of drug-likeness (QED) is 0.889. The van der Waals surface area contributed by atoms with Gasteiger partial charge in [-0.2, -0.15) is 0 Å². The largest absolute Gasteiger partial charge is 0.340 e. The molecule has 2 amide bonds. The van der Waals surface area contributed by atoms with Gasteiger partial charge in [-0.15, -0.1) is 0 Å². The first kappa shape index (κ1) is 14.4. The van der Waals surface area contributed by atoms with E-state index < -0.39 is 11.1 Å². The average Bonchev–Trinajstić information content (AvgIpc) is 2.43. The van der Waals surface area contributed by atoms with Crippen LogP contribution in [0.4, 0.5) is 0 Å². The highest BCUT2D eigenvalue weighted by Crippen LogP contribution is 2.28. The molecule has 0 saturated carbocycles. The molecule has 0 aliphatic carbocycles. The normalized spacial score (nSPS) is 25.5.